The highest BCUT2D eigenvalue weighted by molar-refractivity contribution is 7.89. The van der Waals surface area contributed by atoms with Gasteiger partial charge in [0.25, 0.3) is 5.69 Å². The van der Waals surface area contributed by atoms with E-state index in [1.54, 1.807) is 0 Å². The summed E-state index contributed by atoms with van der Waals surface area (Å²) in [5.41, 5.74) is 5.18. The number of nitro groups is 1. The molecule has 0 aromatic heterocycles. The van der Waals surface area contributed by atoms with E-state index in [9.17, 15) is 18.5 Å². The summed E-state index contributed by atoms with van der Waals surface area (Å²) in [4.78, 5) is 11.6. The standard InChI is InChI=1S/C12H17N5O5S/c13-12(14)16(8-3-5-22-6-4-8)10-2-1-9(23(15,20)21)7-11(10)17(18)19/h1-2,7-8H,3-6H2,(H3,13,14)(H2,15,20,21). The number of guanidine groups is 1. The smallest absolute Gasteiger partial charge is 0.294 e. The van der Waals surface area contributed by atoms with Crippen molar-refractivity contribution in [2.24, 2.45) is 10.9 Å². The van der Waals surface area contributed by atoms with Crippen LogP contribution in [0.5, 0.6) is 0 Å². The molecule has 1 aromatic carbocycles. The zero-order valence-corrected chi connectivity index (χ0v) is 13.0. The van der Waals surface area contributed by atoms with Gasteiger partial charge in [-0.25, -0.2) is 13.6 Å². The van der Waals surface area contributed by atoms with Crippen molar-refractivity contribution in [1.82, 2.24) is 0 Å². The topological polar surface area (TPSA) is 166 Å². The molecule has 1 aromatic rings. The van der Waals surface area contributed by atoms with Crippen molar-refractivity contribution >= 4 is 27.4 Å². The molecule has 126 valence electrons. The Bertz CT molecular complexity index is 729. The SMILES string of the molecule is N=C(N)N(c1ccc(S(N)(=O)=O)cc1[N+](=O)[O-])C1CCOCC1. The van der Waals surface area contributed by atoms with Crippen molar-refractivity contribution in [3.05, 3.63) is 28.3 Å². The van der Waals surface area contributed by atoms with Gasteiger partial charge < -0.3 is 15.4 Å². The predicted octanol–water partition coefficient (Wildman–Crippen LogP) is 0.121. The van der Waals surface area contributed by atoms with Crippen molar-refractivity contribution in [3.8, 4) is 0 Å². The zero-order chi connectivity index (χ0) is 17.2. The number of hydrogen-bond donors (Lipinski definition) is 3. The van der Waals surface area contributed by atoms with Crippen LogP contribution < -0.4 is 15.8 Å². The lowest BCUT2D eigenvalue weighted by atomic mass is 10.1. The number of nitrogens with one attached hydrogen (secondary N) is 1. The fourth-order valence-electron chi connectivity index (χ4n) is 2.50. The molecule has 0 atom stereocenters. The molecule has 1 aliphatic rings. The van der Waals surface area contributed by atoms with Crippen LogP contribution in [0.25, 0.3) is 0 Å². The molecule has 1 heterocycles. The summed E-state index contributed by atoms with van der Waals surface area (Å²) in [7, 11) is -4.07. The lowest BCUT2D eigenvalue weighted by Crippen LogP contribution is -2.47. The summed E-state index contributed by atoms with van der Waals surface area (Å²) >= 11 is 0. The van der Waals surface area contributed by atoms with E-state index < -0.39 is 20.6 Å². The monoisotopic (exact) mass is 343 g/mol. The maximum atomic E-state index is 11.4. The molecule has 0 spiro atoms. The second-order valence-corrected chi connectivity index (χ2v) is 6.61. The lowest BCUT2D eigenvalue weighted by molar-refractivity contribution is -0.384. The van der Waals surface area contributed by atoms with Crippen molar-refractivity contribution in [2.75, 3.05) is 18.1 Å². The number of anilines is 1. The Balaban J connectivity index is 2.54. The molecule has 0 bridgehead atoms. The summed E-state index contributed by atoms with van der Waals surface area (Å²) in [6, 6.07) is 3.04. The zero-order valence-electron chi connectivity index (χ0n) is 12.1. The third-order valence-corrected chi connectivity index (χ3v) is 4.46. The minimum atomic E-state index is -4.07. The van der Waals surface area contributed by atoms with E-state index in [0.29, 0.717) is 26.1 Å². The van der Waals surface area contributed by atoms with Gasteiger partial charge in [0.05, 0.1) is 9.82 Å². The van der Waals surface area contributed by atoms with Crippen LogP contribution in [0.15, 0.2) is 23.1 Å². The van der Waals surface area contributed by atoms with E-state index in [1.165, 1.54) is 11.0 Å². The Morgan fingerprint density at radius 3 is 2.48 bits per heavy atom. The molecule has 5 N–H and O–H groups in total. The maximum absolute atomic E-state index is 11.4. The molecule has 23 heavy (non-hydrogen) atoms. The first-order chi connectivity index (χ1) is 10.7. The van der Waals surface area contributed by atoms with E-state index in [-0.39, 0.29) is 22.6 Å². The van der Waals surface area contributed by atoms with Crippen molar-refractivity contribution in [2.45, 2.75) is 23.8 Å². The Morgan fingerprint density at radius 1 is 1.39 bits per heavy atom. The molecule has 0 aliphatic carbocycles. The average Bonchev–Trinajstić information content (AvgIpc) is 2.47. The first kappa shape index (κ1) is 17.1. The van der Waals surface area contributed by atoms with Gasteiger partial charge in [0.1, 0.15) is 5.69 Å². The van der Waals surface area contributed by atoms with Gasteiger partial charge in [-0.3, -0.25) is 15.5 Å². The normalized spacial score (nSPS) is 16.0. The second-order valence-electron chi connectivity index (χ2n) is 5.05. The first-order valence-electron chi connectivity index (χ1n) is 6.74. The van der Waals surface area contributed by atoms with E-state index in [0.717, 1.165) is 12.1 Å². The summed E-state index contributed by atoms with van der Waals surface area (Å²) in [5, 5.41) is 24.1. The van der Waals surface area contributed by atoms with Crippen LogP contribution in [-0.2, 0) is 14.8 Å². The quantitative estimate of drug-likeness (QED) is 0.302. The molecule has 2 rings (SSSR count). The Kier molecular flexibility index (Phi) is 4.82. The minimum absolute atomic E-state index is 0.0572. The van der Waals surface area contributed by atoms with Gasteiger partial charge in [-0.15, -0.1) is 0 Å². The van der Waals surface area contributed by atoms with Gasteiger partial charge >= 0.3 is 0 Å². The highest BCUT2D eigenvalue weighted by atomic mass is 32.2. The molecule has 0 amide bonds. The van der Waals surface area contributed by atoms with Crippen LogP contribution in [0.2, 0.25) is 0 Å². The van der Waals surface area contributed by atoms with Crippen LogP contribution in [0.4, 0.5) is 11.4 Å². The Hall–Kier alpha value is -2.24. The summed E-state index contributed by atoms with van der Waals surface area (Å²) < 4.78 is 28.0. The average molecular weight is 343 g/mol. The Labute approximate surface area is 132 Å². The van der Waals surface area contributed by atoms with Gasteiger partial charge in [0.2, 0.25) is 10.0 Å². The first-order valence-corrected chi connectivity index (χ1v) is 8.28. The van der Waals surface area contributed by atoms with Gasteiger partial charge in [0.15, 0.2) is 5.96 Å². The van der Waals surface area contributed by atoms with Crippen LogP contribution >= 0.6 is 0 Å². The van der Waals surface area contributed by atoms with Crippen molar-refractivity contribution in [3.63, 3.8) is 0 Å². The third-order valence-electron chi connectivity index (χ3n) is 3.55. The summed E-state index contributed by atoms with van der Waals surface area (Å²) in [5.74, 6) is -0.358. The minimum Gasteiger partial charge on any atom is -0.381 e. The van der Waals surface area contributed by atoms with Gasteiger partial charge in [0, 0.05) is 25.3 Å². The summed E-state index contributed by atoms with van der Waals surface area (Å²) in [6.07, 6.45) is 1.10. The van der Waals surface area contributed by atoms with Gasteiger partial charge in [-0.05, 0) is 25.0 Å². The molecule has 10 nitrogen and oxygen atoms in total. The number of nitrogens with zero attached hydrogens (tertiary/aromatic N) is 2. The molecule has 1 saturated heterocycles. The van der Waals surface area contributed by atoms with E-state index >= 15 is 0 Å². The molecule has 11 heteroatoms. The molecule has 0 unspecified atom stereocenters. The number of nitrogens with two attached hydrogens (primary N) is 2. The number of primary sulfonamides is 1. The fraction of sp³-hybridized carbons (Fsp3) is 0.417. The van der Waals surface area contributed by atoms with Crippen LogP contribution in [0.3, 0.4) is 0 Å². The van der Waals surface area contributed by atoms with Crippen LogP contribution in [0.1, 0.15) is 12.8 Å². The molecule has 0 radical (unpaired) electrons. The lowest BCUT2D eigenvalue weighted by Gasteiger charge is -2.34. The largest absolute Gasteiger partial charge is 0.381 e. The van der Waals surface area contributed by atoms with Crippen molar-refractivity contribution in [1.29, 1.82) is 5.41 Å². The molecule has 0 saturated carbocycles. The number of ether oxygens (including phenoxy) is 1. The van der Waals surface area contributed by atoms with E-state index in [2.05, 4.69) is 0 Å². The predicted molar refractivity (Wildman–Crippen MR) is 82.7 cm³/mol. The number of sulfonamides is 1. The number of nitro benzene ring substituents is 1. The molecule has 1 aliphatic heterocycles. The highest BCUT2D eigenvalue weighted by Crippen LogP contribution is 2.33. The van der Waals surface area contributed by atoms with Gasteiger partial charge in [-0.2, -0.15) is 0 Å². The van der Waals surface area contributed by atoms with E-state index in [1.807, 2.05) is 0 Å². The van der Waals surface area contributed by atoms with Crippen molar-refractivity contribution < 1.29 is 18.1 Å². The number of benzene rings is 1. The molecule has 1 fully saturated rings. The van der Waals surface area contributed by atoms with Crippen LogP contribution in [0, 0.1) is 15.5 Å². The van der Waals surface area contributed by atoms with Crippen LogP contribution in [-0.4, -0.2) is 38.6 Å². The third kappa shape index (κ3) is 3.75. The van der Waals surface area contributed by atoms with E-state index in [4.69, 9.17) is 21.0 Å². The Morgan fingerprint density at radius 2 is 2.00 bits per heavy atom. The highest BCUT2D eigenvalue weighted by Gasteiger charge is 2.30. The van der Waals surface area contributed by atoms with Gasteiger partial charge in [-0.1, -0.05) is 0 Å². The molecular formula is C12H17N5O5S. The maximum Gasteiger partial charge on any atom is 0.294 e. The summed E-state index contributed by atoms with van der Waals surface area (Å²) in [6.45, 7) is 0.912. The number of hydrogen-bond acceptors (Lipinski definition) is 6. The second kappa shape index (κ2) is 6.48. The molecular weight excluding hydrogens is 326 g/mol. The number of rotatable bonds is 4. The fourth-order valence-corrected chi connectivity index (χ4v) is 3.03.